The topological polar surface area (TPSA) is 30.2 Å². The number of aromatic nitrogens is 3. The lowest BCUT2D eigenvalue weighted by Crippen LogP contribution is -2.43. The van der Waals surface area contributed by atoms with E-state index in [1.807, 2.05) is 34.9 Å². The minimum Gasteiger partial charge on any atom is -0.295 e. The first-order valence-corrected chi connectivity index (χ1v) is 8.30. The highest BCUT2D eigenvalue weighted by molar-refractivity contribution is 6.13. The van der Waals surface area contributed by atoms with Gasteiger partial charge in [-0.25, -0.2) is 4.98 Å². The summed E-state index contributed by atoms with van der Waals surface area (Å²) >= 11 is 0. The minimum absolute atomic E-state index is 0.131. The van der Waals surface area contributed by atoms with E-state index in [4.69, 9.17) is 14.1 Å². The van der Waals surface area contributed by atoms with E-state index >= 15 is 0 Å². The van der Waals surface area contributed by atoms with Gasteiger partial charge in [0.15, 0.2) is 0 Å². The van der Waals surface area contributed by atoms with Crippen molar-refractivity contribution in [1.82, 2.24) is 14.4 Å². The Kier molecular flexibility index (Phi) is 1.85. The molecule has 0 aliphatic heterocycles. The Morgan fingerprint density at radius 2 is 1.83 bits per heavy atom. The smallest absolute Gasteiger partial charge is 0.110 e. The molecule has 0 N–H and O–H groups in total. The average molecular weight is 318 g/mol. The lowest BCUT2D eigenvalue weighted by Gasteiger charge is -2.44. The molecule has 0 saturated heterocycles. The normalized spacial score (nSPS) is 20.4. The number of para-hydroxylation sites is 1. The molecule has 1 aliphatic carbocycles. The van der Waals surface area contributed by atoms with Crippen LogP contribution in [0.5, 0.6) is 0 Å². The van der Waals surface area contributed by atoms with Crippen LogP contribution in [0.25, 0.3) is 27.3 Å². The van der Waals surface area contributed by atoms with Gasteiger partial charge in [0.05, 0.1) is 22.2 Å². The van der Waals surface area contributed by atoms with Crippen LogP contribution in [0, 0.1) is 6.85 Å². The highest BCUT2D eigenvalue weighted by Crippen LogP contribution is 2.52. The number of aryl methyl sites for hydroxylation is 1. The van der Waals surface area contributed by atoms with Crippen LogP contribution in [-0.2, 0) is 10.8 Å². The van der Waals surface area contributed by atoms with Crippen LogP contribution in [0.4, 0.5) is 0 Å². The van der Waals surface area contributed by atoms with E-state index < -0.39 is 6.85 Å². The average Bonchev–Trinajstić information content (AvgIpc) is 3.02. The second kappa shape index (κ2) is 3.97. The largest absolute Gasteiger partial charge is 0.295 e. The van der Waals surface area contributed by atoms with Crippen LogP contribution in [-0.4, -0.2) is 14.4 Å². The third kappa shape index (κ3) is 1.32. The zero-order chi connectivity index (χ0) is 19.4. The molecular formula is C21H21N3. The van der Waals surface area contributed by atoms with Crippen molar-refractivity contribution in [2.75, 3.05) is 0 Å². The number of imidazole rings is 1. The van der Waals surface area contributed by atoms with Gasteiger partial charge >= 0.3 is 0 Å². The van der Waals surface area contributed by atoms with E-state index in [9.17, 15) is 0 Å². The van der Waals surface area contributed by atoms with Gasteiger partial charge in [-0.3, -0.25) is 9.38 Å². The summed E-state index contributed by atoms with van der Waals surface area (Å²) in [6, 6.07) is 9.94. The molecule has 3 nitrogen and oxygen atoms in total. The molecule has 3 heteroatoms. The van der Waals surface area contributed by atoms with Crippen LogP contribution in [0.1, 0.15) is 48.9 Å². The Morgan fingerprint density at radius 1 is 1.04 bits per heavy atom. The molecule has 0 amide bonds. The van der Waals surface area contributed by atoms with Crippen molar-refractivity contribution >= 4 is 27.3 Å². The van der Waals surface area contributed by atoms with Crippen LogP contribution < -0.4 is 0 Å². The molecule has 3 aromatic heterocycles. The summed E-state index contributed by atoms with van der Waals surface area (Å²) in [5, 5.41) is 1.98. The molecule has 0 saturated carbocycles. The van der Waals surface area contributed by atoms with E-state index in [1.54, 1.807) is 0 Å². The van der Waals surface area contributed by atoms with E-state index in [2.05, 4.69) is 33.8 Å². The van der Waals surface area contributed by atoms with Crippen molar-refractivity contribution < 1.29 is 4.11 Å². The molecule has 0 unspecified atom stereocenters. The third-order valence-corrected chi connectivity index (χ3v) is 6.29. The van der Waals surface area contributed by atoms with Gasteiger partial charge in [0.1, 0.15) is 5.82 Å². The highest BCUT2D eigenvalue weighted by Gasteiger charge is 2.47. The summed E-state index contributed by atoms with van der Waals surface area (Å²) in [5.41, 5.74) is 4.13. The molecule has 0 radical (unpaired) electrons. The number of benzene rings is 1. The van der Waals surface area contributed by atoms with E-state index in [-0.39, 0.29) is 16.7 Å². The molecule has 0 bridgehead atoms. The predicted octanol–water partition coefficient (Wildman–Crippen LogP) is 4.91. The number of fused-ring (bicyclic) bond motifs is 3. The number of rotatable bonds is 0. The fourth-order valence-corrected chi connectivity index (χ4v) is 4.25. The Balaban J connectivity index is 2.21. The fourth-order valence-electron chi connectivity index (χ4n) is 4.25. The summed E-state index contributed by atoms with van der Waals surface area (Å²) in [5.74, 6) is 0.131. The van der Waals surface area contributed by atoms with Crippen molar-refractivity contribution in [3.05, 3.63) is 53.6 Å². The number of hydrogen-bond donors (Lipinski definition) is 0. The molecule has 120 valence electrons. The Labute approximate surface area is 145 Å². The Bertz CT molecular complexity index is 1260. The summed E-state index contributed by atoms with van der Waals surface area (Å²) in [4.78, 5) is 9.44. The molecule has 1 aliphatic rings. The van der Waals surface area contributed by atoms with Gasteiger partial charge in [-0.1, -0.05) is 45.9 Å². The van der Waals surface area contributed by atoms with Gasteiger partial charge in [0.2, 0.25) is 0 Å². The first-order chi connectivity index (χ1) is 12.6. The summed E-state index contributed by atoms with van der Waals surface area (Å²) < 4.78 is 26.2. The van der Waals surface area contributed by atoms with E-state index in [1.165, 1.54) is 5.56 Å². The third-order valence-electron chi connectivity index (χ3n) is 6.29. The zero-order valence-corrected chi connectivity index (χ0v) is 14.3. The number of hydrogen-bond acceptors (Lipinski definition) is 2. The SMILES string of the molecule is [2H]C([2H])([2H])c1nc2c3c4c(ccnc4c4ccccc4n13)C(C)(C)C2(C)C. The monoisotopic (exact) mass is 318 g/mol. The Morgan fingerprint density at radius 3 is 2.62 bits per heavy atom. The predicted molar refractivity (Wildman–Crippen MR) is 98.8 cm³/mol. The van der Waals surface area contributed by atoms with Crippen molar-refractivity contribution in [3.8, 4) is 0 Å². The lowest BCUT2D eigenvalue weighted by molar-refractivity contribution is 0.297. The van der Waals surface area contributed by atoms with Crippen LogP contribution in [0.3, 0.4) is 0 Å². The molecular weight excluding hydrogens is 294 g/mol. The quantitative estimate of drug-likeness (QED) is 0.431. The fraction of sp³-hybridized carbons (Fsp3) is 0.333. The Hall–Kier alpha value is -2.42. The summed E-state index contributed by atoms with van der Waals surface area (Å²) in [6.07, 6.45) is 1.87. The maximum atomic E-state index is 8.11. The number of pyridine rings is 2. The standard InChI is InChI=1S/C21H21N3/c1-12-23-19-18-16-14(20(2,3)21(19,4)5)10-11-22-17(16)13-8-6-7-9-15(13)24(12)18/h6-11H,1-5H3/i1D3. The van der Waals surface area contributed by atoms with Crippen LogP contribution >= 0.6 is 0 Å². The maximum absolute atomic E-state index is 8.11. The van der Waals surface area contributed by atoms with Gasteiger partial charge in [0, 0.05) is 31.9 Å². The number of nitrogens with zero attached hydrogens (tertiary/aromatic N) is 3. The molecule has 5 rings (SSSR count). The summed E-state index contributed by atoms with van der Waals surface area (Å²) in [6.45, 7) is 6.43. The molecule has 4 aromatic rings. The van der Waals surface area contributed by atoms with Crippen molar-refractivity contribution in [1.29, 1.82) is 0 Å². The van der Waals surface area contributed by atoms with Gasteiger partial charge < -0.3 is 0 Å². The second-order valence-corrected chi connectivity index (χ2v) is 7.82. The second-order valence-electron chi connectivity index (χ2n) is 7.82. The maximum Gasteiger partial charge on any atom is 0.110 e. The first-order valence-electron chi connectivity index (χ1n) is 9.80. The molecule has 3 heterocycles. The van der Waals surface area contributed by atoms with Gasteiger partial charge in [0.25, 0.3) is 0 Å². The molecule has 24 heavy (non-hydrogen) atoms. The van der Waals surface area contributed by atoms with Crippen molar-refractivity contribution in [3.63, 3.8) is 0 Å². The highest BCUT2D eigenvalue weighted by atomic mass is 15.0. The molecule has 0 fully saturated rings. The van der Waals surface area contributed by atoms with Gasteiger partial charge in [-0.05, 0) is 24.5 Å². The van der Waals surface area contributed by atoms with E-state index in [0.29, 0.717) is 0 Å². The molecule has 0 atom stereocenters. The minimum atomic E-state index is -2.30. The van der Waals surface area contributed by atoms with Gasteiger partial charge in [-0.15, -0.1) is 0 Å². The summed E-state index contributed by atoms with van der Waals surface area (Å²) in [7, 11) is 0. The molecule has 1 aromatic carbocycles. The zero-order valence-electron chi connectivity index (χ0n) is 17.3. The van der Waals surface area contributed by atoms with E-state index in [0.717, 1.165) is 33.0 Å². The van der Waals surface area contributed by atoms with Gasteiger partial charge in [-0.2, -0.15) is 0 Å². The van der Waals surface area contributed by atoms with Crippen molar-refractivity contribution in [2.24, 2.45) is 0 Å². The van der Waals surface area contributed by atoms with Crippen molar-refractivity contribution in [2.45, 2.75) is 45.4 Å². The van der Waals surface area contributed by atoms with Crippen LogP contribution in [0.2, 0.25) is 0 Å². The first kappa shape index (κ1) is 11.2. The molecule has 0 spiro atoms. The lowest BCUT2D eigenvalue weighted by atomic mass is 9.59. The van der Waals surface area contributed by atoms with Crippen LogP contribution in [0.15, 0.2) is 36.5 Å².